The minimum Gasteiger partial charge on any atom is -0.496 e. The van der Waals surface area contributed by atoms with Gasteiger partial charge in [0.1, 0.15) is 15.6 Å². The topological polar surface area (TPSA) is 55.4 Å². The second kappa shape index (κ2) is 6.37. The summed E-state index contributed by atoms with van der Waals surface area (Å²) >= 11 is 1.63. The van der Waals surface area contributed by atoms with Crippen molar-refractivity contribution < 1.29 is 13.2 Å². The maximum absolute atomic E-state index is 11.1. The molecule has 0 fully saturated rings. The SMILES string of the molecule is CNC(CCCS(C)(=O)=O)c1sccc1OC. The van der Waals surface area contributed by atoms with Crippen LogP contribution in [0.5, 0.6) is 5.75 Å². The molecule has 4 nitrogen and oxygen atoms in total. The molecule has 17 heavy (non-hydrogen) atoms. The minimum absolute atomic E-state index is 0.159. The Balaban J connectivity index is 2.60. The summed E-state index contributed by atoms with van der Waals surface area (Å²) in [5, 5.41) is 5.18. The molecule has 0 saturated carbocycles. The van der Waals surface area contributed by atoms with Crippen LogP contribution in [0.25, 0.3) is 0 Å². The van der Waals surface area contributed by atoms with Gasteiger partial charge in [0.25, 0.3) is 0 Å². The molecule has 0 bridgehead atoms. The van der Waals surface area contributed by atoms with Gasteiger partial charge in [-0.1, -0.05) is 0 Å². The maximum atomic E-state index is 11.1. The largest absolute Gasteiger partial charge is 0.496 e. The third-order valence-electron chi connectivity index (χ3n) is 2.55. The fourth-order valence-electron chi connectivity index (χ4n) is 1.69. The minimum atomic E-state index is -2.87. The van der Waals surface area contributed by atoms with E-state index in [1.165, 1.54) is 6.26 Å². The normalized spacial score (nSPS) is 13.6. The van der Waals surface area contributed by atoms with Gasteiger partial charge in [-0.3, -0.25) is 0 Å². The maximum Gasteiger partial charge on any atom is 0.147 e. The first-order chi connectivity index (χ1) is 7.98. The van der Waals surface area contributed by atoms with Gasteiger partial charge in [-0.05, 0) is 31.3 Å². The van der Waals surface area contributed by atoms with Crippen LogP contribution in [0.3, 0.4) is 0 Å². The zero-order chi connectivity index (χ0) is 12.9. The highest BCUT2D eigenvalue weighted by molar-refractivity contribution is 7.90. The number of rotatable bonds is 7. The molecule has 1 aromatic heterocycles. The van der Waals surface area contributed by atoms with Gasteiger partial charge in [0.2, 0.25) is 0 Å². The molecule has 1 heterocycles. The molecule has 1 aromatic rings. The summed E-state index contributed by atoms with van der Waals surface area (Å²) in [4.78, 5) is 1.13. The fraction of sp³-hybridized carbons (Fsp3) is 0.636. The van der Waals surface area contributed by atoms with E-state index in [9.17, 15) is 8.42 Å². The predicted octanol–water partition coefficient (Wildman–Crippen LogP) is 1.84. The van der Waals surface area contributed by atoms with Crippen molar-refractivity contribution in [2.45, 2.75) is 18.9 Å². The lowest BCUT2D eigenvalue weighted by Gasteiger charge is -2.15. The average Bonchev–Trinajstić information content (AvgIpc) is 2.70. The molecule has 1 N–H and O–H groups in total. The van der Waals surface area contributed by atoms with Crippen molar-refractivity contribution in [3.8, 4) is 5.75 Å². The van der Waals surface area contributed by atoms with Crippen molar-refractivity contribution in [2.75, 3.05) is 26.2 Å². The molecule has 0 radical (unpaired) electrons. The zero-order valence-electron chi connectivity index (χ0n) is 10.4. The van der Waals surface area contributed by atoms with E-state index >= 15 is 0 Å². The van der Waals surface area contributed by atoms with Crippen LogP contribution in [0.1, 0.15) is 23.8 Å². The Bertz CT molecular complexity index is 439. The summed E-state index contributed by atoms with van der Waals surface area (Å²) < 4.78 is 27.4. The quantitative estimate of drug-likeness (QED) is 0.826. The zero-order valence-corrected chi connectivity index (χ0v) is 12.0. The van der Waals surface area contributed by atoms with Gasteiger partial charge < -0.3 is 10.1 Å². The summed E-state index contributed by atoms with van der Waals surface area (Å²) in [6, 6.07) is 2.09. The van der Waals surface area contributed by atoms with Crippen LogP contribution in [-0.4, -0.2) is 34.6 Å². The number of ether oxygens (including phenoxy) is 1. The third kappa shape index (κ3) is 4.65. The van der Waals surface area contributed by atoms with Crippen LogP contribution in [0.4, 0.5) is 0 Å². The Hall–Kier alpha value is -0.590. The van der Waals surface area contributed by atoms with E-state index in [2.05, 4.69) is 5.32 Å². The first-order valence-electron chi connectivity index (χ1n) is 5.44. The van der Waals surface area contributed by atoms with E-state index in [1.807, 2.05) is 18.5 Å². The van der Waals surface area contributed by atoms with Crippen molar-refractivity contribution >= 4 is 21.2 Å². The van der Waals surface area contributed by atoms with Crippen molar-refractivity contribution in [1.82, 2.24) is 5.32 Å². The van der Waals surface area contributed by atoms with Crippen LogP contribution in [0.2, 0.25) is 0 Å². The molecule has 0 aliphatic rings. The molecule has 0 spiro atoms. The van der Waals surface area contributed by atoms with Crippen molar-refractivity contribution in [2.24, 2.45) is 0 Å². The van der Waals surface area contributed by atoms with Crippen LogP contribution < -0.4 is 10.1 Å². The van der Waals surface area contributed by atoms with E-state index in [1.54, 1.807) is 18.4 Å². The molecule has 1 atom stereocenters. The van der Waals surface area contributed by atoms with Crippen molar-refractivity contribution in [3.05, 3.63) is 16.3 Å². The average molecular weight is 277 g/mol. The highest BCUT2D eigenvalue weighted by Crippen LogP contribution is 2.32. The Labute approximate surface area is 107 Å². The highest BCUT2D eigenvalue weighted by Gasteiger charge is 2.16. The first-order valence-corrected chi connectivity index (χ1v) is 8.38. The molecular weight excluding hydrogens is 258 g/mol. The van der Waals surface area contributed by atoms with E-state index < -0.39 is 9.84 Å². The summed E-state index contributed by atoms with van der Waals surface area (Å²) in [6.07, 6.45) is 2.72. The van der Waals surface area contributed by atoms with Crippen LogP contribution in [0, 0.1) is 0 Å². The van der Waals surface area contributed by atoms with Crippen LogP contribution >= 0.6 is 11.3 Å². The van der Waals surface area contributed by atoms with Gasteiger partial charge in [-0.15, -0.1) is 11.3 Å². The second-order valence-electron chi connectivity index (χ2n) is 3.97. The van der Waals surface area contributed by atoms with Crippen LogP contribution in [0.15, 0.2) is 11.4 Å². The molecular formula is C11H19NO3S2. The Morgan fingerprint density at radius 2 is 2.24 bits per heavy atom. The van der Waals surface area contributed by atoms with Gasteiger partial charge in [0.05, 0.1) is 12.0 Å². The molecule has 0 saturated heterocycles. The van der Waals surface area contributed by atoms with Crippen molar-refractivity contribution in [1.29, 1.82) is 0 Å². The molecule has 1 unspecified atom stereocenters. The highest BCUT2D eigenvalue weighted by atomic mass is 32.2. The van der Waals surface area contributed by atoms with E-state index in [4.69, 9.17) is 4.74 Å². The van der Waals surface area contributed by atoms with Gasteiger partial charge >= 0.3 is 0 Å². The molecule has 0 aliphatic carbocycles. The van der Waals surface area contributed by atoms with Gasteiger partial charge in [-0.2, -0.15) is 0 Å². The molecule has 98 valence electrons. The lowest BCUT2D eigenvalue weighted by molar-refractivity contribution is 0.402. The lowest BCUT2D eigenvalue weighted by Crippen LogP contribution is -2.17. The summed E-state index contributed by atoms with van der Waals surface area (Å²) in [6.45, 7) is 0. The van der Waals surface area contributed by atoms with E-state index in [0.717, 1.165) is 17.0 Å². The molecule has 1 rings (SSSR count). The van der Waals surface area contributed by atoms with Crippen molar-refractivity contribution in [3.63, 3.8) is 0 Å². The molecule has 6 heteroatoms. The summed E-state index contributed by atoms with van der Waals surface area (Å²) in [7, 11) is 0.659. The monoisotopic (exact) mass is 277 g/mol. The lowest BCUT2D eigenvalue weighted by atomic mass is 10.1. The standard InChI is InChI=1S/C11H19NO3S2/c1-12-9(5-4-8-17(3,13)14)11-10(15-2)6-7-16-11/h6-7,9,12H,4-5,8H2,1-3H3. The van der Waals surface area contributed by atoms with E-state index in [0.29, 0.717) is 6.42 Å². The number of sulfone groups is 1. The van der Waals surface area contributed by atoms with Gasteiger partial charge in [0, 0.05) is 18.1 Å². The smallest absolute Gasteiger partial charge is 0.147 e. The van der Waals surface area contributed by atoms with Crippen LogP contribution in [-0.2, 0) is 9.84 Å². The predicted molar refractivity (Wildman–Crippen MR) is 71.6 cm³/mol. The number of methoxy groups -OCH3 is 1. The third-order valence-corrected chi connectivity index (χ3v) is 4.59. The number of hydrogen-bond acceptors (Lipinski definition) is 5. The molecule has 0 aliphatic heterocycles. The summed E-state index contributed by atoms with van der Waals surface area (Å²) in [5.74, 6) is 1.10. The van der Waals surface area contributed by atoms with Gasteiger partial charge in [0.15, 0.2) is 0 Å². The Morgan fingerprint density at radius 3 is 2.76 bits per heavy atom. The number of hydrogen-bond donors (Lipinski definition) is 1. The fourth-order valence-corrected chi connectivity index (χ4v) is 3.38. The molecule has 0 amide bonds. The number of thiophene rings is 1. The Kier molecular flexibility index (Phi) is 5.42. The first kappa shape index (κ1) is 14.5. The number of nitrogens with one attached hydrogen (secondary N) is 1. The molecule has 0 aromatic carbocycles. The van der Waals surface area contributed by atoms with Gasteiger partial charge in [-0.25, -0.2) is 8.42 Å². The Morgan fingerprint density at radius 1 is 1.53 bits per heavy atom. The summed E-state index contributed by atoms with van der Waals surface area (Å²) in [5.41, 5.74) is 0. The second-order valence-corrected chi connectivity index (χ2v) is 7.17. The van der Waals surface area contributed by atoms with E-state index in [-0.39, 0.29) is 11.8 Å².